The molecule has 0 spiro atoms. The smallest absolute Gasteiger partial charge is 0.205 e. The van der Waals surface area contributed by atoms with Crippen LogP contribution in [0.5, 0.6) is 5.75 Å². The summed E-state index contributed by atoms with van der Waals surface area (Å²) in [5.74, 6) is 3.01. The van der Waals surface area contributed by atoms with Crippen LogP contribution in [0.4, 0.5) is 0 Å². The minimum absolute atomic E-state index is 0.566. The Hall–Kier alpha value is -3.51. The van der Waals surface area contributed by atoms with Crippen molar-refractivity contribution in [3.63, 3.8) is 0 Å². The Bertz CT molecular complexity index is 1240. The molecule has 0 bridgehead atoms. The molecule has 0 radical (unpaired) electrons. The summed E-state index contributed by atoms with van der Waals surface area (Å²) < 4.78 is 13.6. The van der Waals surface area contributed by atoms with Crippen molar-refractivity contribution in [2.75, 3.05) is 12.4 Å². The van der Waals surface area contributed by atoms with Crippen molar-refractivity contribution in [3.8, 4) is 23.0 Å². The van der Waals surface area contributed by atoms with E-state index in [-0.39, 0.29) is 0 Å². The molecule has 6 heteroatoms. The number of rotatable bonds is 7. The van der Waals surface area contributed by atoms with Crippen molar-refractivity contribution in [3.05, 3.63) is 91.2 Å². The molecule has 0 aliphatic heterocycles. The lowest BCUT2D eigenvalue weighted by Gasteiger charge is -2.10. The van der Waals surface area contributed by atoms with E-state index < -0.39 is 0 Å². The van der Waals surface area contributed by atoms with Crippen LogP contribution >= 0.6 is 11.8 Å². The first-order valence-corrected chi connectivity index (χ1v) is 10.7. The van der Waals surface area contributed by atoms with Crippen molar-refractivity contribution in [1.29, 1.82) is 0 Å². The largest absolute Gasteiger partial charge is 0.492 e. The SMILES string of the molecule is c1ccc(-n2c(SCCOc3cccc4ccccc34)nnc2-c2ccco2)cc1. The Morgan fingerprint density at radius 2 is 1.67 bits per heavy atom. The number of hydrogen-bond donors (Lipinski definition) is 0. The van der Waals surface area contributed by atoms with Crippen molar-refractivity contribution in [1.82, 2.24) is 14.8 Å². The number of benzene rings is 3. The molecule has 0 saturated carbocycles. The number of para-hydroxylation sites is 1. The number of hydrogen-bond acceptors (Lipinski definition) is 5. The standard InChI is InChI=1S/C24H19N3O2S/c1-2-10-19(11-3-1)27-23(22-14-7-15-28-22)25-26-24(27)30-17-16-29-21-13-6-9-18-8-4-5-12-20(18)21/h1-15H,16-17H2. The molecule has 0 aliphatic carbocycles. The lowest BCUT2D eigenvalue weighted by Crippen LogP contribution is -2.03. The van der Waals surface area contributed by atoms with Gasteiger partial charge in [-0.05, 0) is 35.7 Å². The summed E-state index contributed by atoms with van der Waals surface area (Å²) in [6, 6.07) is 28.2. The first-order chi connectivity index (χ1) is 14.9. The number of fused-ring (bicyclic) bond motifs is 1. The summed E-state index contributed by atoms with van der Waals surface area (Å²) in [4.78, 5) is 0. The summed E-state index contributed by atoms with van der Waals surface area (Å²) in [5.41, 5.74) is 0.992. The van der Waals surface area contributed by atoms with Gasteiger partial charge in [-0.1, -0.05) is 66.4 Å². The fourth-order valence-corrected chi connectivity index (χ4v) is 4.11. The first-order valence-electron chi connectivity index (χ1n) is 9.68. The Kier molecular flexibility index (Phi) is 5.23. The lowest BCUT2D eigenvalue weighted by atomic mass is 10.1. The van der Waals surface area contributed by atoms with E-state index in [4.69, 9.17) is 9.15 Å². The van der Waals surface area contributed by atoms with Gasteiger partial charge in [0.2, 0.25) is 5.82 Å². The van der Waals surface area contributed by atoms with Gasteiger partial charge in [-0.25, -0.2) is 0 Å². The molecular formula is C24H19N3O2S. The van der Waals surface area contributed by atoms with Crippen LogP contribution in [0.15, 0.2) is 101 Å². The van der Waals surface area contributed by atoms with E-state index in [9.17, 15) is 0 Å². The number of thioether (sulfide) groups is 1. The summed E-state index contributed by atoms with van der Waals surface area (Å²) in [7, 11) is 0. The van der Waals surface area contributed by atoms with Crippen LogP contribution in [0.3, 0.4) is 0 Å². The predicted octanol–water partition coefficient (Wildman–Crippen LogP) is 5.85. The topological polar surface area (TPSA) is 53.1 Å². The highest BCUT2D eigenvalue weighted by Crippen LogP contribution is 2.29. The maximum atomic E-state index is 6.07. The van der Waals surface area contributed by atoms with Crippen LogP contribution < -0.4 is 4.74 Å². The van der Waals surface area contributed by atoms with Crippen molar-refractivity contribution in [2.45, 2.75) is 5.16 Å². The van der Waals surface area contributed by atoms with Gasteiger partial charge in [0.15, 0.2) is 10.9 Å². The molecule has 3 aromatic carbocycles. The van der Waals surface area contributed by atoms with Gasteiger partial charge in [0.25, 0.3) is 0 Å². The third-order valence-corrected chi connectivity index (χ3v) is 5.60. The van der Waals surface area contributed by atoms with Crippen molar-refractivity contribution in [2.24, 2.45) is 0 Å². The van der Waals surface area contributed by atoms with E-state index in [1.165, 1.54) is 5.39 Å². The van der Waals surface area contributed by atoms with Gasteiger partial charge in [-0.3, -0.25) is 4.57 Å². The molecule has 0 amide bonds. The minimum Gasteiger partial charge on any atom is -0.492 e. The van der Waals surface area contributed by atoms with Gasteiger partial charge < -0.3 is 9.15 Å². The molecule has 5 aromatic rings. The fraction of sp³-hybridized carbons (Fsp3) is 0.0833. The Morgan fingerprint density at radius 1 is 0.833 bits per heavy atom. The van der Waals surface area contributed by atoms with Gasteiger partial charge in [0, 0.05) is 16.8 Å². The normalized spacial score (nSPS) is 11.1. The number of ether oxygens (including phenoxy) is 1. The molecule has 0 N–H and O–H groups in total. The average molecular weight is 414 g/mol. The summed E-state index contributed by atoms with van der Waals surface area (Å²) in [6.07, 6.45) is 1.64. The number of aromatic nitrogens is 3. The highest BCUT2D eigenvalue weighted by Gasteiger charge is 2.17. The van der Waals surface area contributed by atoms with Gasteiger partial charge in [0.05, 0.1) is 12.9 Å². The van der Waals surface area contributed by atoms with E-state index in [1.54, 1.807) is 18.0 Å². The zero-order valence-electron chi connectivity index (χ0n) is 16.1. The van der Waals surface area contributed by atoms with E-state index in [0.29, 0.717) is 18.2 Å². The van der Waals surface area contributed by atoms with Crippen LogP contribution in [-0.4, -0.2) is 27.1 Å². The molecule has 0 saturated heterocycles. The third kappa shape index (κ3) is 3.69. The Labute approximate surface area is 178 Å². The van der Waals surface area contributed by atoms with Crippen LogP contribution in [-0.2, 0) is 0 Å². The van der Waals surface area contributed by atoms with E-state index in [1.807, 2.05) is 71.3 Å². The van der Waals surface area contributed by atoms with Gasteiger partial charge in [-0.2, -0.15) is 0 Å². The molecule has 5 rings (SSSR count). The van der Waals surface area contributed by atoms with Gasteiger partial charge in [-0.15, -0.1) is 10.2 Å². The number of furan rings is 1. The maximum Gasteiger partial charge on any atom is 0.205 e. The second-order valence-electron chi connectivity index (χ2n) is 6.63. The second kappa shape index (κ2) is 8.47. The molecule has 0 fully saturated rings. The van der Waals surface area contributed by atoms with E-state index >= 15 is 0 Å². The molecule has 0 unspecified atom stereocenters. The fourth-order valence-electron chi connectivity index (χ4n) is 3.34. The maximum absolute atomic E-state index is 6.07. The third-order valence-electron chi connectivity index (χ3n) is 4.71. The van der Waals surface area contributed by atoms with Gasteiger partial charge in [0.1, 0.15) is 5.75 Å². The van der Waals surface area contributed by atoms with Crippen molar-refractivity contribution < 1.29 is 9.15 Å². The monoisotopic (exact) mass is 413 g/mol. The van der Waals surface area contributed by atoms with Gasteiger partial charge >= 0.3 is 0 Å². The summed E-state index contributed by atoms with van der Waals surface area (Å²) in [6.45, 7) is 0.566. The van der Waals surface area contributed by atoms with Crippen LogP contribution in [0.1, 0.15) is 0 Å². The minimum atomic E-state index is 0.566. The molecule has 0 atom stereocenters. The summed E-state index contributed by atoms with van der Waals surface area (Å²) in [5, 5.41) is 11.9. The zero-order chi connectivity index (χ0) is 20.2. The molecule has 2 aromatic heterocycles. The number of nitrogens with zero attached hydrogens (tertiary/aromatic N) is 3. The lowest BCUT2D eigenvalue weighted by molar-refractivity contribution is 0.348. The molecular weight excluding hydrogens is 394 g/mol. The van der Waals surface area contributed by atoms with Crippen LogP contribution in [0, 0.1) is 0 Å². The van der Waals surface area contributed by atoms with Crippen LogP contribution in [0.25, 0.3) is 28.0 Å². The highest BCUT2D eigenvalue weighted by molar-refractivity contribution is 7.99. The quantitative estimate of drug-likeness (QED) is 0.247. The van der Waals surface area contributed by atoms with Crippen LogP contribution in [0.2, 0.25) is 0 Å². The average Bonchev–Trinajstić information content (AvgIpc) is 3.47. The molecule has 0 aliphatic rings. The summed E-state index contributed by atoms with van der Waals surface area (Å²) >= 11 is 1.61. The zero-order valence-corrected chi connectivity index (χ0v) is 17.0. The molecule has 5 nitrogen and oxygen atoms in total. The molecule has 30 heavy (non-hydrogen) atoms. The van der Waals surface area contributed by atoms with E-state index in [2.05, 4.69) is 28.4 Å². The van der Waals surface area contributed by atoms with Crippen molar-refractivity contribution >= 4 is 22.5 Å². The Balaban J connectivity index is 1.34. The molecule has 148 valence electrons. The van der Waals surface area contributed by atoms with E-state index in [0.717, 1.165) is 27.7 Å². The highest BCUT2D eigenvalue weighted by atomic mass is 32.2. The molecule has 2 heterocycles. The Morgan fingerprint density at radius 3 is 2.53 bits per heavy atom. The predicted molar refractivity (Wildman–Crippen MR) is 119 cm³/mol. The first kappa shape index (κ1) is 18.5. The second-order valence-corrected chi connectivity index (χ2v) is 7.69.